The zero-order chi connectivity index (χ0) is 16.9. The summed E-state index contributed by atoms with van der Waals surface area (Å²) in [6.07, 6.45) is 0.777. The Morgan fingerprint density at radius 3 is 2.46 bits per heavy atom. The molecule has 2 aromatic rings. The lowest BCUT2D eigenvalue weighted by molar-refractivity contribution is 0.112. The van der Waals surface area contributed by atoms with Gasteiger partial charge in [-0.25, -0.2) is 0 Å². The lowest BCUT2D eigenvalue weighted by atomic mass is 10.1. The van der Waals surface area contributed by atoms with Crippen LogP contribution >= 0.6 is 0 Å². The molecule has 1 saturated heterocycles. The number of phenols is 1. The molecule has 0 saturated carbocycles. The standard InChI is InChI=1S/C19H22N2O3/c1-24-18-12-15(14-22)11-16(19(18)23)13-20-7-9-21(10-8-20)17-5-3-2-4-6-17/h2-6,11-12,14,23H,7-10,13H2,1H3. The fourth-order valence-corrected chi connectivity index (χ4v) is 3.08. The smallest absolute Gasteiger partial charge is 0.162 e. The second-order valence-corrected chi connectivity index (χ2v) is 5.95. The molecule has 1 aliphatic heterocycles. The predicted octanol–water partition coefficient (Wildman–Crippen LogP) is 2.54. The van der Waals surface area contributed by atoms with Gasteiger partial charge in [-0.2, -0.15) is 0 Å². The fourth-order valence-electron chi connectivity index (χ4n) is 3.08. The van der Waals surface area contributed by atoms with Crippen LogP contribution < -0.4 is 9.64 Å². The van der Waals surface area contributed by atoms with E-state index in [0.717, 1.165) is 38.0 Å². The van der Waals surface area contributed by atoms with Crippen LogP contribution in [0.15, 0.2) is 42.5 Å². The summed E-state index contributed by atoms with van der Waals surface area (Å²) < 4.78 is 5.16. The Morgan fingerprint density at radius 1 is 1.12 bits per heavy atom. The Kier molecular flexibility index (Phi) is 5.01. The molecular formula is C19H22N2O3. The van der Waals surface area contributed by atoms with E-state index in [1.54, 1.807) is 12.1 Å². The van der Waals surface area contributed by atoms with Crippen LogP contribution in [0.3, 0.4) is 0 Å². The van der Waals surface area contributed by atoms with E-state index < -0.39 is 0 Å². The van der Waals surface area contributed by atoms with Gasteiger partial charge in [0.2, 0.25) is 0 Å². The van der Waals surface area contributed by atoms with Gasteiger partial charge in [0.1, 0.15) is 6.29 Å². The summed E-state index contributed by atoms with van der Waals surface area (Å²) in [4.78, 5) is 15.7. The van der Waals surface area contributed by atoms with Crippen LogP contribution in [0.1, 0.15) is 15.9 Å². The van der Waals surface area contributed by atoms with Crippen molar-refractivity contribution in [2.45, 2.75) is 6.54 Å². The number of phenolic OH excluding ortho intramolecular Hbond substituents is 1. The number of aromatic hydroxyl groups is 1. The summed E-state index contributed by atoms with van der Waals surface area (Å²) in [7, 11) is 1.49. The summed E-state index contributed by atoms with van der Waals surface area (Å²) in [5.74, 6) is 0.464. The van der Waals surface area contributed by atoms with Gasteiger partial charge < -0.3 is 14.7 Å². The first-order valence-electron chi connectivity index (χ1n) is 8.08. The lowest BCUT2D eigenvalue weighted by Gasteiger charge is -2.36. The minimum absolute atomic E-state index is 0.119. The number of carbonyl (C=O) groups excluding carboxylic acids is 1. The summed E-state index contributed by atoms with van der Waals surface area (Å²) in [5, 5.41) is 10.3. The first-order chi connectivity index (χ1) is 11.7. The number of ether oxygens (including phenoxy) is 1. The van der Waals surface area contributed by atoms with Crippen LogP contribution in [0, 0.1) is 0 Å². The number of methoxy groups -OCH3 is 1. The van der Waals surface area contributed by atoms with Crippen LogP contribution in [0.4, 0.5) is 5.69 Å². The third kappa shape index (κ3) is 3.51. The molecule has 1 fully saturated rings. The topological polar surface area (TPSA) is 53.0 Å². The molecule has 126 valence electrons. The number of para-hydroxylation sites is 1. The number of hydrogen-bond donors (Lipinski definition) is 1. The number of aldehydes is 1. The third-order valence-electron chi connectivity index (χ3n) is 4.42. The SMILES string of the molecule is COc1cc(C=O)cc(CN2CCN(c3ccccc3)CC2)c1O. The number of rotatable bonds is 5. The zero-order valence-electron chi connectivity index (χ0n) is 13.8. The zero-order valence-corrected chi connectivity index (χ0v) is 13.8. The molecular weight excluding hydrogens is 304 g/mol. The highest BCUT2D eigenvalue weighted by atomic mass is 16.5. The van der Waals surface area contributed by atoms with Gasteiger partial charge in [0.25, 0.3) is 0 Å². The minimum Gasteiger partial charge on any atom is -0.504 e. The van der Waals surface area contributed by atoms with Crippen molar-refractivity contribution in [3.63, 3.8) is 0 Å². The lowest BCUT2D eigenvalue weighted by Crippen LogP contribution is -2.45. The molecule has 2 aromatic carbocycles. The average molecular weight is 326 g/mol. The van der Waals surface area contributed by atoms with Gasteiger partial charge in [0.15, 0.2) is 11.5 Å². The molecule has 0 spiro atoms. The van der Waals surface area contributed by atoms with Crippen molar-refractivity contribution in [3.8, 4) is 11.5 Å². The molecule has 1 heterocycles. The summed E-state index contributed by atoms with van der Waals surface area (Å²) >= 11 is 0. The highest BCUT2D eigenvalue weighted by molar-refractivity contribution is 5.77. The van der Waals surface area contributed by atoms with Gasteiger partial charge in [-0.15, -0.1) is 0 Å². The summed E-state index contributed by atoms with van der Waals surface area (Å²) in [5.41, 5.74) is 2.48. The number of piperazine rings is 1. The molecule has 5 heteroatoms. The largest absolute Gasteiger partial charge is 0.504 e. The van der Waals surface area contributed by atoms with Crippen LogP contribution in [0.2, 0.25) is 0 Å². The number of benzene rings is 2. The fraction of sp³-hybridized carbons (Fsp3) is 0.316. The Hall–Kier alpha value is -2.53. The van der Waals surface area contributed by atoms with E-state index in [2.05, 4.69) is 34.1 Å². The van der Waals surface area contributed by atoms with E-state index in [9.17, 15) is 9.90 Å². The van der Waals surface area contributed by atoms with Crippen molar-refractivity contribution >= 4 is 12.0 Å². The van der Waals surface area contributed by atoms with E-state index in [1.165, 1.54) is 12.8 Å². The Labute approximate surface area is 142 Å². The van der Waals surface area contributed by atoms with Crippen molar-refractivity contribution in [3.05, 3.63) is 53.6 Å². The second-order valence-electron chi connectivity index (χ2n) is 5.95. The van der Waals surface area contributed by atoms with Crippen LogP contribution in [0.25, 0.3) is 0 Å². The second kappa shape index (κ2) is 7.36. The number of hydrogen-bond acceptors (Lipinski definition) is 5. The van der Waals surface area contributed by atoms with Crippen molar-refractivity contribution in [1.29, 1.82) is 0 Å². The molecule has 0 atom stereocenters. The van der Waals surface area contributed by atoms with E-state index in [4.69, 9.17) is 4.74 Å². The van der Waals surface area contributed by atoms with Gasteiger partial charge in [0.05, 0.1) is 7.11 Å². The molecule has 0 amide bonds. The van der Waals surface area contributed by atoms with Gasteiger partial charge in [0, 0.05) is 49.5 Å². The Balaban J connectivity index is 1.67. The third-order valence-corrected chi connectivity index (χ3v) is 4.42. The van der Waals surface area contributed by atoms with Gasteiger partial charge in [-0.05, 0) is 24.3 Å². The molecule has 0 aliphatic carbocycles. The minimum atomic E-state index is 0.119. The molecule has 24 heavy (non-hydrogen) atoms. The maximum atomic E-state index is 11.1. The Bertz CT molecular complexity index is 695. The van der Waals surface area contributed by atoms with Crippen molar-refractivity contribution in [1.82, 2.24) is 4.90 Å². The number of anilines is 1. The molecule has 1 N–H and O–H groups in total. The highest BCUT2D eigenvalue weighted by Gasteiger charge is 2.19. The number of nitrogens with zero attached hydrogens (tertiary/aromatic N) is 2. The van der Waals surface area contributed by atoms with Crippen molar-refractivity contribution in [2.24, 2.45) is 0 Å². The quantitative estimate of drug-likeness (QED) is 0.856. The van der Waals surface area contributed by atoms with E-state index in [-0.39, 0.29) is 5.75 Å². The van der Waals surface area contributed by atoms with E-state index >= 15 is 0 Å². The number of carbonyl (C=O) groups is 1. The molecule has 0 radical (unpaired) electrons. The van der Waals surface area contributed by atoms with Gasteiger partial charge >= 0.3 is 0 Å². The van der Waals surface area contributed by atoms with Gasteiger partial charge in [-0.3, -0.25) is 9.69 Å². The summed E-state index contributed by atoms with van der Waals surface area (Å²) in [6, 6.07) is 13.7. The Morgan fingerprint density at radius 2 is 1.83 bits per heavy atom. The molecule has 1 aliphatic rings. The predicted molar refractivity (Wildman–Crippen MR) is 94.0 cm³/mol. The first-order valence-corrected chi connectivity index (χ1v) is 8.08. The monoisotopic (exact) mass is 326 g/mol. The molecule has 0 bridgehead atoms. The summed E-state index contributed by atoms with van der Waals surface area (Å²) in [6.45, 7) is 4.29. The normalized spacial score (nSPS) is 15.3. The average Bonchev–Trinajstić information content (AvgIpc) is 2.64. The first kappa shape index (κ1) is 16.3. The van der Waals surface area contributed by atoms with Crippen molar-refractivity contribution in [2.75, 3.05) is 38.2 Å². The van der Waals surface area contributed by atoms with Gasteiger partial charge in [-0.1, -0.05) is 18.2 Å². The molecule has 0 aromatic heterocycles. The van der Waals surface area contributed by atoms with E-state index in [0.29, 0.717) is 17.9 Å². The maximum absolute atomic E-state index is 11.1. The van der Waals surface area contributed by atoms with Crippen LogP contribution in [-0.4, -0.2) is 49.6 Å². The van der Waals surface area contributed by atoms with Crippen molar-refractivity contribution < 1.29 is 14.6 Å². The van der Waals surface area contributed by atoms with Crippen LogP contribution in [-0.2, 0) is 6.54 Å². The molecule has 5 nitrogen and oxygen atoms in total. The maximum Gasteiger partial charge on any atom is 0.162 e. The highest BCUT2D eigenvalue weighted by Crippen LogP contribution is 2.32. The van der Waals surface area contributed by atoms with E-state index in [1.807, 2.05) is 6.07 Å². The van der Waals surface area contributed by atoms with Crippen LogP contribution in [0.5, 0.6) is 11.5 Å². The molecule has 3 rings (SSSR count). The molecule has 0 unspecified atom stereocenters.